The molecule has 0 aromatic heterocycles. The zero-order valence-electron chi connectivity index (χ0n) is 6.26. The summed E-state index contributed by atoms with van der Waals surface area (Å²) in [6.07, 6.45) is 1.95. The van der Waals surface area contributed by atoms with Crippen LogP contribution in [-0.4, -0.2) is 29.7 Å². The standard InChI is InChI=1S/C7H11NO2S/c9-6-8-4-7(10-6)2-1-3-11-5-7/h1-5H2,(H,8,9). The van der Waals surface area contributed by atoms with Crippen molar-refractivity contribution in [2.45, 2.75) is 18.4 Å². The molecule has 1 N–H and O–H groups in total. The van der Waals surface area contributed by atoms with E-state index in [0.717, 1.165) is 12.2 Å². The van der Waals surface area contributed by atoms with Gasteiger partial charge in [0.25, 0.3) is 0 Å². The molecule has 2 rings (SSSR count). The second-order valence-electron chi connectivity index (χ2n) is 3.08. The van der Waals surface area contributed by atoms with Gasteiger partial charge < -0.3 is 10.1 Å². The van der Waals surface area contributed by atoms with Crippen LogP contribution < -0.4 is 5.32 Å². The average Bonchev–Trinajstić information content (AvgIpc) is 2.34. The van der Waals surface area contributed by atoms with Gasteiger partial charge in [0.15, 0.2) is 0 Å². The molecule has 11 heavy (non-hydrogen) atoms. The van der Waals surface area contributed by atoms with Crippen LogP contribution in [0.4, 0.5) is 4.79 Å². The Bertz CT molecular complexity index is 177. The van der Waals surface area contributed by atoms with Crippen molar-refractivity contribution in [3.63, 3.8) is 0 Å². The number of hydrogen-bond donors (Lipinski definition) is 1. The van der Waals surface area contributed by atoms with Gasteiger partial charge in [-0.15, -0.1) is 0 Å². The molecular weight excluding hydrogens is 162 g/mol. The van der Waals surface area contributed by atoms with Gasteiger partial charge in [-0.1, -0.05) is 0 Å². The Kier molecular flexibility index (Phi) is 1.71. The quantitative estimate of drug-likeness (QED) is 0.593. The molecule has 2 aliphatic rings. The molecule has 1 spiro atoms. The largest absolute Gasteiger partial charge is 0.440 e. The molecular formula is C7H11NO2S. The summed E-state index contributed by atoms with van der Waals surface area (Å²) in [6.45, 7) is 0.707. The van der Waals surface area contributed by atoms with E-state index in [9.17, 15) is 4.79 Å². The number of carbonyl (C=O) groups is 1. The third kappa shape index (κ3) is 1.31. The zero-order chi connectivity index (χ0) is 7.73. The van der Waals surface area contributed by atoms with Gasteiger partial charge in [-0.3, -0.25) is 0 Å². The molecule has 2 heterocycles. The molecule has 3 nitrogen and oxygen atoms in total. The minimum Gasteiger partial charge on any atom is -0.440 e. The van der Waals surface area contributed by atoms with Crippen LogP contribution >= 0.6 is 11.8 Å². The molecule has 1 unspecified atom stereocenters. The number of alkyl carbamates (subject to hydrolysis) is 1. The molecule has 0 aromatic rings. The second-order valence-corrected chi connectivity index (χ2v) is 4.19. The number of ether oxygens (including phenoxy) is 1. The zero-order valence-corrected chi connectivity index (χ0v) is 7.08. The van der Waals surface area contributed by atoms with Crippen molar-refractivity contribution < 1.29 is 9.53 Å². The summed E-state index contributed by atoms with van der Waals surface area (Å²) in [7, 11) is 0. The Morgan fingerprint density at radius 1 is 1.64 bits per heavy atom. The summed E-state index contributed by atoms with van der Waals surface area (Å²) in [5.74, 6) is 2.17. The molecule has 2 saturated heterocycles. The molecule has 1 atom stereocenters. The van der Waals surface area contributed by atoms with Gasteiger partial charge in [-0.2, -0.15) is 11.8 Å². The van der Waals surface area contributed by atoms with Crippen molar-refractivity contribution in [3.05, 3.63) is 0 Å². The fourth-order valence-corrected chi connectivity index (χ4v) is 2.72. The van der Waals surface area contributed by atoms with E-state index in [4.69, 9.17) is 4.74 Å². The molecule has 62 valence electrons. The van der Waals surface area contributed by atoms with E-state index in [1.165, 1.54) is 12.2 Å². The molecule has 2 fully saturated rings. The first-order chi connectivity index (χ1) is 5.31. The topological polar surface area (TPSA) is 38.3 Å². The average molecular weight is 173 g/mol. The number of amides is 1. The molecule has 0 aliphatic carbocycles. The maximum atomic E-state index is 10.8. The van der Waals surface area contributed by atoms with Gasteiger partial charge >= 0.3 is 6.09 Å². The summed E-state index contributed by atoms with van der Waals surface area (Å²) in [6, 6.07) is 0. The lowest BCUT2D eigenvalue weighted by Crippen LogP contribution is -2.38. The highest BCUT2D eigenvalue weighted by Gasteiger charge is 2.41. The van der Waals surface area contributed by atoms with Crippen LogP contribution in [0.25, 0.3) is 0 Å². The van der Waals surface area contributed by atoms with E-state index in [0.29, 0.717) is 6.54 Å². The molecule has 0 aromatic carbocycles. The van der Waals surface area contributed by atoms with Gasteiger partial charge in [-0.25, -0.2) is 4.79 Å². The van der Waals surface area contributed by atoms with Crippen molar-refractivity contribution in [3.8, 4) is 0 Å². The molecule has 4 heteroatoms. The van der Waals surface area contributed by atoms with Crippen LogP contribution in [0.5, 0.6) is 0 Å². The number of thioether (sulfide) groups is 1. The van der Waals surface area contributed by atoms with Crippen LogP contribution in [0.1, 0.15) is 12.8 Å². The van der Waals surface area contributed by atoms with Crippen LogP contribution in [0.15, 0.2) is 0 Å². The number of hydrogen-bond acceptors (Lipinski definition) is 3. The Balaban J connectivity index is 2.03. The van der Waals surface area contributed by atoms with Crippen molar-refractivity contribution in [1.29, 1.82) is 0 Å². The van der Waals surface area contributed by atoms with Crippen molar-refractivity contribution >= 4 is 17.9 Å². The van der Waals surface area contributed by atoms with Gasteiger partial charge in [0, 0.05) is 5.75 Å². The highest BCUT2D eigenvalue weighted by molar-refractivity contribution is 7.99. The van der Waals surface area contributed by atoms with Crippen LogP contribution in [0.2, 0.25) is 0 Å². The summed E-state index contributed by atoms with van der Waals surface area (Å²) in [4.78, 5) is 10.8. The molecule has 0 radical (unpaired) electrons. The molecule has 0 bridgehead atoms. The Morgan fingerprint density at radius 3 is 3.09 bits per heavy atom. The predicted octanol–water partition coefficient (Wildman–Crippen LogP) is 0.992. The van der Waals surface area contributed by atoms with Gasteiger partial charge in [-0.05, 0) is 18.6 Å². The molecule has 0 saturated carbocycles. The normalized spacial score (nSPS) is 36.9. The third-order valence-corrected chi connectivity index (χ3v) is 3.46. The van der Waals surface area contributed by atoms with E-state index in [1.54, 1.807) is 0 Å². The highest BCUT2D eigenvalue weighted by atomic mass is 32.2. The van der Waals surface area contributed by atoms with Crippen LogP contribution in [0, 0.1) is 0 Å². The van der Waals surface area contributed by atoms with Gasteiger partial charge in [0.05, 0.1) is 6.54 Å². The number of carbonyl (C=O) groups excluding carboxylic acids is 1. The summed E-state index contributed by atoms with van der Waals surface area (Å²) >= 11 is 1.88. The summed E-state index contributed by atoms with van der Waals surface area (Å²) < 4.78 is 5.22. The first kappa shape index (κ1) is 7.28. The van der Waals surface area contributed by atoms with Crippen molar-refractivity contribution in [2.24, 2.45) is 0 Å². The highest BCUT2D eigenvalue weighted by Crippen LogP contribution is 2.31. The lowest BCUT2D eigenvalue weighted by Gasteiger charge is -2.29. The van der Waals surface area contributed by atoms with E-state index < -0.39 is 0 Å². The van der Waals surface area contributed by atoms with Crippen LogP contribution in [0.3, 0.4) is 0 Å². The second kappa shape index (κ2) is 2.59. The maximum Gasteiger partial charge on any atom is 0.407 e. The van der Waals surface area contributed by atoms with Gasteiger partial charge in [0.1, 0.15) is 5.60 Å². The van der Waals surface area contributed by atoms with E-state index >= 15 is 0 Å². The number of rotatable bonds is 0. The third-order valence-electron chi connectivity index (χ3n) is 2.15. The summed E-state index contributed by atoms with van der Waals surface area (Å²) in [5.41, 5.74) is -0.153. The monoisotopic (exact) mass is 173 g/mol. The fraction of sp³-hybridized carbons (Fsp3) is 0.857. The van der Waals surface area contributed by atoms with E-state index in [2.05, 4.69) is 5.32 Å². The molecule has 2 aliphatic heterocycles. The lowest BCUT2D eigenvalue weighted by atomic mass is 10.0. The SMILES string of the molecule is O=C1NCC2(CCCSC2)O1. The lowest BCUT2D eigenvalue weighted by molar-refractivity contribution is 0.0664. The van der Waals surface area contributed by atoms with Crippen LogP contribution in [-0.2, 0) is 4.74 Å². The minimum atomic E-state index is -0.243. The minimum absolute atomic E-state index is 0.153. The first-order valence-electron chi connectivity index (χ1n) is 3.85. The summed E-state index contributed by atoms with van der Waals surface area (Å²) in [5, 5.41) is 2.71. The maximum absolute atomic E-state index is 10.8. The van der Waals surface area contributed by atoms with Gasteiger partial charge in [0.2, 0.25) is 0 Å². The van der Waals surface area contributed by atoms with Crippen molar-refractivity contribution in [2.75, 3.05) is 18.1 Å². The van der Waals surface area contributed by atoms with E-state index in [1.807, 2.05) is 11.8 Å². The first-order valence-corrected chi connectivity index (χ1v) is 5.01. The van der Waals surface area contributed by atoms with Crippen molar-refractivity contribution in [1.82, 2.24) is 5.32 Å². The Morgan fingerprint density at radius 2 is 2.55 bits per heavy atom. The smallest absolute Gasteiger partial charge is 0.407 e. The Hall–Kier alpha value is -0.380. The predicted molar refractivity (Wildman–Crippen MR) is 43.8 cm³/mol. The van der Waals surface area contributed by atoms with E-state index in [-0.39, 0.29) is 11.7 Å². The fourth-order valence-electron chi connectivity index (χ4n) is 1.55. The Labute approximate surface area is 69.9 Å². The number of nitrogens with one attached hydrogen (secondary N) is 1. The molecule has 1 amide bonds.